The summed E-state index contributed by atoms with van der Waals surface area (Å²) < 4.78 is 53.0. The van der Waals surface area contributed by atoms with Crippen LogP contribution in [-0.2, 0) is 16.1 Å². The minimum atomic E-state index is -0.792. The number of ether oxygens (including phenoxy) is 4. The number of aliphatic hydroxyl groups is 1. The third-order valence-electron chi connectivity index (χ3n) is 5.87. The summed E-state index contributed by atoms with van der Waals surface area (Å²) in [7, 11) is 0. The molecule has 0 bridgehead atoms. The third kappa shape index (κ3) is 4.08. The molecule has 182 valence electrons. The summed E-state index contributed by atoms with van der Waals surface area (Å²) >= 11 is 6.27. The summed E-state index contributed by atoms with van der Waals surface area (Å²) in [5.41, 5.74) is 0.671. The number of rotatable bonds is 6. The van der Waals surface area contributed by atoms with Crippen LogP contribution in [0.15, 0.2) is 36.7 Å². The van der Waals surface area contributed by atoms with Gasteiger partial charge < -0.3 is 29.0 Å². The number of halogens is 3. The van der Waals surface area contributed by atoms with Crippen LogP contribution in [0.25, 0.3) is 16.9 Å². The van der Waals surface area contributed by atoms with E-state index < -0.39 is 42.7 Å². The van der Waals surface area contributed by atoms with Crippen molar-refractivity contribution >= 4 is 22.8 Å². The van der Waals surface area contributed by atoms with Crippen molar-refractivity contribution in [3.8, 4) is 17.6 Å². The highest BCUT2D eigenvalue weighted by Gasteiger charge is 2.48. The molecule has 0 saturated carbocycles. The van der Waals surface area contributed by atoms with Gasteiger partial charge in [-0.1, -0.05) is 11.6 Å². The topological polar surface area (TPSA) is 117 Å². The molecule has 0 amide bonds. The molecule has 2 saturated heterocycles. The molecule has 3 aromatic heterocycles. The van der Waals surface area contributed by atoms with Gasteiger partial charge in [0.2, 0.25) is 5.88 Å². The number of benzene rings is 1. The molecule has 35 heavy (non-hydrogen) atoms. The van der Waals surface area contributed by atoms with Gasteiger partial charge in [-0.05, 0) is 12.1 Å². The molecule has 2 N–H and O–H groups in total. The molecule has 2 aliphatic rings. The lowest BCUT2D eigenvalue weighted by Gasteiger charge is -2.15. The molecule has 4 aromatic rings. The predicted octanol–water partition coefficient (Wildman–Crippen LogP) is 2.56. The van der Waals surface area contributed by atoms with Crippen LogP contribution < -0.4 is 9.47 Å². The standard InChI is InChI=1S/C22H18ClF2N5O5/c23-12-6-15-20(29-22(27-15)35-17-9-33-18-16(31)8-32-19(17)18)28-21(12)34-7-11-13(24)4-10(5-14(11)25)30-3-1-2-26-30/h1-6,16-19,31H,7-9H2,(H,27,28,29)/t16-,17-,18-,19-/m1/s1. The van der Waals surface area contributed by atoms with Gasteiger partial charge in [-0.15, -0.1) is 0 Å². The van der Waals surface area contributed by atoms with E-state index in [-0.39, 0.29) is 47.0 Å². The van der Waals surface area contributed by atoms with E-state index in [1.54, 1.807) is 12.3 Å². The number of aromatic amines is 1. The lowest BCUT2D eigenvalue weighted by atomic mass is 10.1. The Labute approximate surface area is 201 Å². The van der Waals surface area contributed by atoms with Crippen LogP contribution in [0.4, 0.5) is 8.78 Å². The van der Waals surface area contributed by atoms with Gasteiger partial charge >= 0.3 is 0 Å². The first-order chi connectivity index (χ1) is 17.0. The highest BCUT2D eigenvalue weighted by molar-refractivity contribution is 6.32. The molecular weight excluding hydrogens is 488 g/mol. The van der Waals surface area contributed by atoms with Crippen molar-refractivity contribution in [3.63, 3.8) is 0 Å². The van der Waals surface area contributed by atoms with E-state index in [4.69, 9.17) is 30.5 Å². The molecule has 1 aromatic carbocycles. The van der Waals surface area contributed by atoms with Crippen LogP contribution in [0.1, 0.15) is 5.56 Å². The number of nitrogens with zero attached hydrogens (tertiary/aromatic N) is 4. The van der Waals surface area contributed by atoms with Gasteiger partial charge in [-0.25, -0.2) is 13.5 Å². The number of aliphatic hydroxyl groups excluding tert-OH is 1. The highest BCUT2D eigenvalue weighted by Crippen LogP contribution is 2.31. The van der Waals surface area contributed by atoms with Crippen molar-refractivity contribution < 1.29 is 32.8 Å². The second-order valence-electron chi connectivity index (χ2n) is 8.14. The molecule has 2 fully saturated rings. The second-order valence-corrected chi connectivity index (χ2v) is 8.54. The quantitative estimate of drug-likeness (QED) is 0.411. The normalized spacial score (nSPS) is 23.7. The SMILES string of the molecule is O[C@@H]1CO[C@H]2[C@@H]1OC[C@H]2Oc1nc2nc(OCc3c(F)cc(-n4cccn4)cc3F)c(Cl)cc2[nH]1. The number of hydrogen-bond acceptors (Lipinski definition) is 8. The monoisotopic (exact) mass is 505 g/mol. The third-order valence-corrected chi connectivity index (χ3v) is 6.14. The fraction of sp³-hybridized carbons (Fsp3) is 0.318. The van der Waals surface area contributed by atoms with E-state index in [9.17, 15) is 13.9 Å². The van der Waals surface area contributed by atoms with Gasteiger partial charge in [0.1, 0.15) is 41.6 Å². The Morgan fingerprint density at radius 3 is 2.71 bits per heavy atom. The van der Waals surface area contributed by atoms with Gasteiger partial charge in [0.15, 0.2) is 11.8 Å². The van der Waals surface area contributed by atoms with Crippen molar-refractivity contribution in [2.24, 2.45) is 0 Å². The van der Waals surface area contributed by atoms with Crippen molar-refractivity contribution in [3.05, 3.63) is 58.9 Å². The largest absolute Gasteiger partial charge is 0.471 e. The first kappa shape index (κ1) is 22.2. The molecule has 2 aliphatic heterocycles. The highest BCUT2D eigenvalue weighted by atomic mass is 35.5. The van der Waals surface area contributed by atoms with Crippen LogP contribution in [0.5, 0.6) is 11.9 Å². The number of hydrogen-bond donors (Lipinski definition) is 2. The number of pyridine rings is 1. The van der Waals surface area contributed by atoms with Crippen molar-refractivity contribution in [1.82, 2.24) is 24.7 Å². The maximum absolute atomic E-state index is 14.6. The molecule has 13 heteroatoms. The van der Waals surface area contributed by atoms with Crippen LogP contribution in [0.2, 0.25) is 5.02 Å². The average Bonchev–Trinajstić information content (AvgIpc) is 3.61. The minimum Gasteiger partial charge on any atom is -0.471 e. The maximum Gasteiger partial charge on any atom is 0.296 e. The predicted molar refractivity (Wildman–Crippen MR) is 117 cm³/mol. The minimum absolute atomic E-state index is 0.0429. The Morgan fingerprint density at radius 1 is 1.14 bits per heavy atom. The zero-order valence-corrected chi connectivity index (χ0v) is 18.7. The van der Waals surface area contributed by atoms with Crippen molar-refractivity contribution in [1.29, 1.82) is 0 Å². The zero-order chi connectivity index (χ0) is 24.1. The summed E-state index contributed by atoms with van der Waals surface area (Å²) in [6.45, 7) is -0.0200. The first-order valence-electron chi connectivity index (χ1n) is 10.7. The van der Waals surface area contributed by atoms with Crippen LogP contribution >= 0.6 is 11.6 Å². The fourth-order valence-corrected chi connectivity index (χ4v) is 4.35. The van der Waals surface area contributed by atoms with E-state index in [0.717, 1.165) is 12.1 Å². The Bertz CT molecular complexity index is 1360. The molecule has 0 spiro atoms. The van der Waals surface area contributed by atoms with Crippen molar-refractivity contribution in [2.75, 3.05) is 13.2 Å². The van der Waals surface area contributed by atoms with Crippen molar-refractivity contribution in [2.45, 2.75) is 31.0 Å². The molecule has 10 nitrogen and oxygen atoms in total. The lowest BCUT2D eigenvalue weighted by molar-refractivity contribution is 0.00706. The Kier molecular flexibility index (Phi) is 5.52. The van der Waals surface area contributed by atoms with E-state index in [2.05, 4.69) is 20.1 Å². The summed E-state index contributed by atoms with van der Waals surface area (Å²) in [5, 5.41) is 13.9. The number of H-pyrrole nitrogens is 1. The zero-order valence-electron chi connectivity index (χ0n) is 17.9. The van der Waals surface area contributed by atoms with Crippen LogP contribution in [0, 0.1) is 11.6 Å². The molecule has 0 unspecified atom stereocenters. The molecule has 6 rings (SSSR count). The molecule has 4 atom stereocenters. The van der Waals surface area contributed by atoms with Crippen LogP contribution in [-0.4, -0.2) is 67.5 Å². The molecular formula is C22H18ClF2N5O5. The van der Waals surface area contributed by atoms with Gasteiger partial charge in [0.25, 0.3) is 6.01 Å². The van der Waals surface area contributed by atoms with Gasteiger partial charge in [-0.3, -0.25) is 0 Å². The van der Waals surface area contributed by atoms with Crippen LogP contribution in [0.3, 0.4) is 0 Å². The average molecular weight is 506 g/mol. The molecule has 0 radical (unpaired) electrons. The summed E-state index contributed by atoms with van der Waals surface area (Å²) in [4.78, 5) is 11.5. The number of aromatic nitrogens is 5. The number of imidazole rings is 1. The Hall–Kier alpha value is -3.32. The second kappa shape index (κ2) is 8.72. The van der Waals surface area contributed by atoms with Gasteiger partial charge in [0, 0.05) is 24.5 Å². The fourth-order valence-electron chi connectivity index (χ4n) is 4.15. The Morgan fingerprint density at radius 2 is 1.94 bits per heavy atom. The summed E-state index contributed by atoms with van der Waals surface area (Å²) in [5.74, 6) is -1.63. The van der Waals surface area contributed by atoms with Gasteiger partial charge in [-0.2, -0.15) is 15.1 Å². The summed E-state index contributed by atoms with van der Waals surface area (Å²) in [6, 6.07) is 5.65. The van der Waals surface area contributed by atoms with E-state index in [0.29, 0.717) is 5.52 Å². The first-order valence-corrected chi connectivity index (χ1v) is 11.1. The lowest BCUT2D eigenvalue weighted by Crippen LogP contribution is -2.34. The molecule has 5 heterocycles. The van der Waals surface area contributed by atoms with E-state index in [1.807, 2.05) is 0 Å². The number of fused-ring (bicyclic) bond motifs is 2. The van der Waals surface area contributed by atoms with E-state index in [1.165, 1.54) is 16.9 Å². The molecule has 0 aliphatic carbocycles. The number of nitrogens with one attached hydrogen (secondary N) is 1. The van der Waals surface area contributed by atoms with Gasteiger partial charge in [0.05, 0.1) is 30.0 Å². The van der Waals surface area contributed by atoms with E-state index >= 15 is 0 Å². The Balaban J connectivity index is 1.18. The maximum atomic E-state index is 14.6. The smallest absolute Gasteiger partial charge is 0.296 e. The summed E-state index contributed by atoms with van der Waals surface area (Å²) in [6.07, 6.45) is 1.09.